The minimum atomic E-state index is -0.392. The Labute approximate surface area is 125 Å². The molecular weight excluding hydrogens is 264 g/mol. The Morgan fingerprint density at radius 3 is 2.71 bits per heavy atom. The van der Waals surface area contributed by atoms with Gasteiger partial charge in [-0.15, -0.1) is 0 Å². The predicted molar refractivity (Wildman–Crippen MR) is 78.6 cm³/mol. The third-order valence-corrected chi connectivity index (χ3v) is 6.88. The molecule has 5 atom stereocenters. The second kappa shape index (κ2) is 4.52. The quantitative estimate of drug-likeness (QED) is 0.697. The number of ketones is 2. The minimum Gasteiger partial charge on any atom is -0.392 e. The van der Waals surface area contributed by atoms with Crippen LogP contribution in [0.1, 0.15) is 58.3 Å². The molecule has 0 saturated heterocycles. The van der Waals surface area contributed by atoms with E-state index in [1.807, 2.05) is 0 Å². The second-order valence-corrected chi connectivity index (χ2v) is 7.83. The maximum atomic E-state index is 12.3. The predicted octanol–water partition coefficient (Wildman–Crippen LogP) is 2.81. The van der Waals surface area contributed by atoms with Gasteiger partial charge in [-0.3, -0.25) is 9.59 Å². The van der Waals surface area contributed by atoms with Crippen LogP contribution in [0.5, 0.6) is 0 Å². The fourth-order valence-corrected chi connectivity index (χ4v) is 5.90. The van der Waals surface area contributed by atoms with Crippen LogP contribution in [0.25, 0.3) is 0 Å². The summed E-state index contributed by atoms with van der Waals surface area (Å²) >= 11 is 0. The summed E-state index contributed by atoms with van der Waals surface area (Å²) in [5.41, 5.74) is 2.42. The van der Waals surface area contributed by atoms with Crippen molar-refractivity contribution >= 4 is 11.6 Å². The van der Waals surface area contributed by atoms with Gasteiger partial charge in [0.05, 0.1) is 6.10 Å². The molecular formula is C18H24O3. The molecule has 0 aromatic rings. The molecule has 0 radical (unpaired) electrons. The van der Waals surface area contributed by atoms with Crippen LogP contribution in [0.15, 0.2) is 11.1 Å². The molecule has 0 bridgehead atoms. The van der Waals surface area contributed by atoms with E-state index in [9.17, 15) is 14.7 Å². The fraction of sp³-hybridized carbons (Fsp3) is 0.778. The highest BCUT2D eigenvalue weighted by molar-refractivity contribution is 5.87. The van der Waals surface area contributed by atoms with Crippen molar-refractivity contribution in [3.8, 4) is 0 Å². The summed E-state index contributed by atoms with van der Waals surface area (Å²) in [6.45, 7) is 2.08. The first-order valence-corrected chi connectivity index (χ1v) is 8.44. The summed E-state index contributed by atoms with van der Waals surface area (Å²) in [6, 6.07) is 0. The molecule has 0 aromatic carbocycles. The van der Waals surface area contributed by atoms with Gasteiger partial charge in [-0.25, -0.2) is 0 Å². The average molecular weight is 288 g/mol. The first kappa shape index (κ1) is 13.7. The standard InChI is InChI=1S/C18H24O3/c1-18-9-15(20)17-12-5-3-11(19)8-10(12)2-4-13(17)14(18)6-7-16(18)21/h13-15,17,20H,2-9H2,1H3/t13?,14?,15?,17?,18-/m0/s1. The Morgan fingerprint density at radius 2 is 1.90 bits per heavy atom. The van der Waals surface area contributed by atoms with Crippen LogP contribution in [0.4, 0.5) is 0 Å². The highest BCUT2D eigenvalue weighted by Gasteiger charge is 2.58. The van der Waals surface area contributed by atoms with E-state index in [4.69, 9.17) is 0 Å². The van der Waals surface area contributed by atoms with Gasteiger partial charge in [0.2, 0.25) is 0 Å². The lowest BCUT2D eigenvalue weighted by Gasteiger charge is -2.52. The lowest BCUT2D eigenvalue weighted by Crippen LogP contribution is -2.50. The van der Waals surface area contributed by atoms with Crippen molar-refractivity contribution in [1.82, 2.24) is 0 Å². The molecule has 1 N–H and O–H groups in total. The minimum absolute atomic E-state index is 0.228. The molecule has 0 amide bonds. The molecule has 4 rings (SSSR count). The third kappa shape index (κ3) is 1.82. The average Bonchev–Trinajstić information content (AvgIpc) is 2.74. The number of aliphatic hydroxyl groups excluding tert-OH is 1. The number of hydrogen-bond acceptors (Lipinski definition) is 3. The maximum Gasteiger partial charge on any atom is 0.139 e. The number of carbonyl (C=O) groups is 2. The van der Waals surface area contributed by atoms with Gasteiger partial charge in [-0.05, 0) is 43.9 Å². The molecule has 0 aliphatic heterocycles. The summed E-state index contributed by atoms with van der Waals surface area (Å²) < 4.78 is 0. The van der Waals surface area contributed by atoms with Gasteiger partial charge < -0.3 is 5.11 Å². The normalized spacial score (nSPS) is 46.2. The summed E-state index contributed by atoms with van der Waals surface area (Å²) in [7, 11) is 0. The van der Waals surface area contributed by atoms with Gasteiger partial charge >= 0.3 is 0 Å². The Morgan fingerprint density at radius 1 is 1.10 bits per heavy atom. The van der Waals surface area contributed by atoms with Crippen LogP contribution in [0.2, 0.25) is 0 Å². The van der Waals surface area contributed by atoms with E-state index in [1.54, 1.807) is 0 Å². The highest BCUT2D eigenvalue weighted by Crippen LogP contribution is 2.59. The van der Waals surface area contributed by atoms with Gasteiger partial charge in [0.1, 0.15) is 11.6 Å². The summed E-state index contributed by atoms with van der Waals surface area (Å²) in [5, 5.41) is 10.8. The van der Waals surface area contributed by atoms with E-state index >= 15 is 0 Å². The molecule has 3 heteroatoms. The van der Waals surface area contributed by atoms with Gasteiger partial charge in [0, 0.05) is 30.6 Å². The Kier molecular flexibility index (Phi) is 2.94. The first-order valence-electron chi connectivity index (χ1n) is 8.44. The van der Waals surface area contributed by atoms with Crippen molar-refractivity contribution in [3.63, 3.8) is 0 Å². The van der Waals surface area contributed by atoms with Crippen LogP contribution in [-0.4, -0.2) is 22.8 Å². The van der Waals surface area contributed by atoms with Gasteiger partial charge in [-0.2, -0.15) is 0 Å². The number of Topliss-reactive ketones (excluding diaryl/α,β-unsaturated/α-hetero) is 2. The molecule has 3 nitrogen and oxygen atoms in total. The maximum absolute atomic E-state index is 12.3. The van der Waals surface area contributed by atoms with E-state index in [0.29, 0.717) is 49.1 Å². The third-order valence-electron chi connectivity index (χ3n) is 6.88. The Hall–Kier alpha value is -0.960. The molecule has 2 saturated carbocycles. The largest absolute Gasteiger partial charge is 0.392 e. The lowest BCUT2D eigenvalue weighted by atomic mass is 9.53. The van der Waals surface area contributed by atoms with Crippen molar-refractivity contribution in [2.75, 3.05) is 0 Å². The van der Waals surface area contributed by atoms with Crippen LogP contribution in [-0.2, 0) is 9.59 Å². The van der Waals surface area contributed by atoms with E-state index < -0.39 is 6.10 Å². The van der Waals surface area contributed by atoms with Crippen molar-refractivity contribution in [2.45, 2.75) is 64.4 Å². The molecule has 0 aromatic heterocycles. The number of allylic oxidation sites excluding steroid dienone is 1. The van der Waals surface area contributed by atoms with E-state index in [0.717, 1.165) is 25.7 Å². The zero-order valence-corrected chi connectivity index (χ0v) is 12.7. The Balaban J connectivity index is 1.72. The number of rotatable bonds is 0. The van der Waals surface area contributed by atoms with E-state index in [-0.39, 0.29) is 11.3 Å². The van der Waals surface area contributed by atoms with Gasteiger partial charge in [0.25, 0.3) is 0 Å². The zero-order chi connectivity index (χ0) is 14.8. The molecule has 0 spiro atoms. The van der Waals surface area contributed by atoms with E-state index in [1.165, 1.54) is 11.1 Å². The van der Waals surface area contributed by atoms with Crippen molar-refractivity contribution in [3.05, 3.63) is 11.1 Å². The van der Waals surface area contributed by atoms with Crippen LogP contribution in [0.3, 0.4) is 0 Å². The van der Waals surface area contributed by atoms with Crippen LogP contribution >= 0.6 is 0 Å². The monoisotopic (exact) mass is 288 g/mol. The number of carbonyl (C=O) groups excluding carboxylic acids is 2. The smallest absolute Gasteiger partial charge is 0.139 e. The highest BCUT2D eigenvalue weighted by atomic mass is 16.3. The Bertz CT molecular complexity index is 547. The number of fused-ring (bicyclic) bond motifs is 4. The summed E-state index contributed by atoms with van der Waals surface area (Å²) in [4.78, 5) is 24.0. The molecule has 4 aliphatic carbocycles. The molecule has 21 heavy (non-hydrogen) atoms. The molecule has 114 valence electrons. The first-order chi connectivity index (χ1) is 10.0. The fourth-order valence-electron chi connectivity index (χ4n) is 5.90. The number of hydrogen-bond donors (Lipinski definition) is 1. The lowest BCUT2D eigenvalue weighted by molar-refractivity contribution is -0.135. The molecule has 0 heterocycles. The van der Waals surface area contributed by atoms with Crippen molar-refractivity contribution in [1.29, 1.82) is 0 Å². The number of aliphatic hydroxyl groups is 1. The van der Waals surface area contributed by atoms with Gasteiger partial charge in [-0.1, -0.05) is 18.1 Å². The topological polar surface area (TPSA) is 54.4 Å². The summed E-state index contributed by atoms with van der Waals surface area (Å²) in [6.07, 6.45) is 6.12. The second-order valence-electron chi connectivity index (χ2n) is 7.83. The van der Waals surface area contributed by atoms with Crippen LogP contribution < -0.4 is 0 Å². The van der Waals surface area contributed by atoms with Crippen molar-refractivity contribution in [2.24, 2.45) is 23.2 Å². The van der Waals surface area contributed by atoms with Crippen LogP contribution in [0, 0.1) is 23.2 Å². The van der Waals surface area contributed by atoms with Crippen molar-refractivity contribution < 1.29 is 14.7 Å². The molecule has 4 aliphatic rings. The van der Waals surface area contributed by atoms with Gasteiger partial charge in [0.15, 0.2) is 0 Å². The molecule has 2 fully saturated rings. The van der Waals surface area contributed by atoms with E-state index in [2.05, 4.69) is 6.92 Å². The molecule has 4 unspecified atom stereocenters. The zero-order valence-electron chi connectivity index (χ0n) is 12.7. The SMILES string of the molecule is C[C@]12CC(O)C3C4=C(CCC3C1CCC2=O)CC(=O)CC4. The summed E-state index contributed by atoms with van der Waals surface area (Å²) in [5.74, 6) is 1.86.